The molecule has 0 spiro atoms. The minimum atomic E-state index is -0.441. The summed E-state index contributed by atoms with van der Waals surface area (Å²) in [7, 11) is 1.64. The number of aryl methyl sites for hydroxylation is 2. The van der Waals surface area contributed by atoms with Gasteiger partial charge in [-0.2, -0.15) is 5.10 Å². The molecule has 1 aliphatic heterocycles. The maximum atomic E-state index is 13.9. The summed E-state index contributed by atoms with van der Waals surface area (Å²) in [6, 6.07) is 17.1. The van der Waals surface area contributed by atoms with E-state index in [2.05, 4.69) is 17.1 Å². The molecule has 2 heterocycles. The number of amides is 1. The average Bonchev–Trinajstić information content (AvgIpc) is 3.52. The van der Waals surface area contributed by atoms with E-state index >= 15 is 0 Å². The number of phenols is 1. The van der Waals surface area contributed by atoms with Crippen LogP contribution in [0.15, 0.2) is 54.6 Å². The number of carbonyl (C=O) groups is 1. The van der Waals surface area contributed by atoms with Gasteiger partial charge < -0.3 is 24.2 Å². The third kappa shape index (κ3) is 5.46. The largest absolute Gasteiger partial charge is 0.507 e. The van der Waals surface area contributed by atoms with Gasteiger partial charge in [0.2, 0.25) is 0 Å². The fourth-order valence-electron chi connectivity index (χ4n) is 5.46. The number of phenolic OH excluding ortho intramolecular Hbond substituents is 1. The van der Waals surface area contributed by atoms with E-state index in [9.17, 15) is 9.90 Å². The van der Waals surface area contributed by atoms with Crippen LogP contribution in [0.3, 0.4) is 0 Å². The second-order valence-corrected chi connectivity index (χ2v) is 10.3. The van der Waals surface area contributed by atoms with Gasteiger partial charge in [0.15, 0.2) is 11.5 Å². The van der Waals surface area contributed by atoms with E-state index in [0.29, 0.717) is 54.6 Å². The van der Waals surface area contributed by atoms with Crippen molar-refractivity contribution in [1.29, 1.82) is 0 Å². The second kappa shape index (κ2) is 12.0. The lowest BCUT2D eigenvalue weighted by Crippen LogP contribution is -2.31. The monoisotopic (exact) mass is 555 g/mol. The molecular formula is C33H37N3O5. The zero-order valence-corrected chi connectivity index (χ0v) is 24.3. The first-order valence-electron chi connectivity index (χ1n) is 14.1. The molecule has 41 heavy (non-hydrogen) atoms. The number of hydrogen-bond acceptors (Lipinski definition) is 6. The molecule has 1 aromatic heterocycles. The molecule has 0 saturated carbocycles. The second-order valence-electron chi connectivity index (χ2n) is 10.3. The molecule has 8 heteroatoms. The lowest BCUT2D eigenvalue weighted by molar-refractivity contribution is 0.0745. The van der Waals surface area contributed by atoms with Crippen LogP contribution >= 0.6 is 0 Å². The van der Waals surface area contributed by atoms with E-state index in [-0.39, 0.29) is 11.7 Å². The number of hydrogen-bond donors (Lipinski definition) is 2. The van der Waals surface area contributed by atoms with Crippen LogP contribution in [-0.2, 0) is 6.42 Å². The van der Waals surface area contributed by atoms with Gasteiger partial charge in [0.05, 0.1) is 26.4 Å². The van der Waals surface area contributed by atoms with E-state index in [1.807, 2.05) is 80.3 Å². The van der Waals surface area contributed by atoms with Crippen molar-refractivity contribution in [1.82, 2.24) is 15.1 Å². The van der Waals surface area contributed by atoms with Crippen LogP contribution in [0, 0.1) is 13.8 Å². The van der Waals surface area contributed by atoms with Crippen molar-refractivity contribution in [3.8, 4) is 34.3 Å². The highest BCUT2D eigenvalue weighted by Crippen LogP contribution is 2.46. The number of benzene rings is 3. The number of aromatic amines is 1. The Morgan fingerprint density at radius 1 is 1.00 bits per heavy atom. The number of methoxy groups -OCH3 is 1. The van der Waals surface area contributed by atoms with Crippen molar-refractivity contribution < 1.29 is 24.1 Å². The summed E-state index contributed by atoms with van der Waals surface area (Å²) in [6.45, 7) is 9.39. The van der Waals surface area contributed by atoms with Crippen molar-refractivity contribution >= 4 is 5.91 Å². The third-order valence-electron chi connectivity index (χ3n) is 7.41. The molecule has 3 aromatic carbocycles. The lowest BCUT2D eigenvalue weighted by Gasteiger charge is -2.27. The van der Waals surface area contributed by atoms with Crippen molar-refractivity contribution in [2.45, 2.75) is 46.6 Å². The van der Waals surface area contributed by atoms with Crippen LogP contribution in [0.5, 0.6) is 23.0 Å². The first-order valence-corrected chi connectivity index (χ1v) is 14.1. The van der Waals surface area contributed by atoms with Gasteiger partial charge in [0, 0.05) is 17.7 Å². The Morgan fingerprint density at radius 2 is 1.78 bits per heavy atom. The summed E-state index contributed by atoms with van der Waals surface area (Å²) in [5.41, 5.74) is 6.08. The predicted molar refractivity (Wildman–Crippen MR) is 158 cm³/mol. The molecule has 1 unspecified atom stereocenters. The van der Waals surface area contributed by atoms with Crippen molar-refractivity contribution in [2.75, 3.05) is 26.9 Å². The van der Waals surface area contributed by atoms with E-state index < -0.39 is 6.04 Å². The third-order valence-corrected chi connectivity index (χ3v) is 7.41. The van der Waals surface area contributed by atoms with Gasteiger partial charge in [-0.3, -0.25) is 9.89 Å². The lowest BCUT2D eigenvalue weighted by atomic mass is 9.93. The van der Waals surface area contributed by atoms with Gasteiger partial charge in [-0.25, -0.2) is 0 Å². The fourth-order valence-corrected chi connectivity index (χ4v) is 5.46. The number of carbonyl (C=O) groups excluding carboxylic acids is 1. The molecule has 0 saturated heterocycles. The van der Waals surface area contributed by atoms with Crippen LogP contribution in [0.2, 0.25) is 0 Å². The number of rotatable bonds is 11. The predicted octanol–water partition coefficient (Wildman–Crippen LogP) is 6.38. The summed E-state index contributed by atoms with van der Waals surface area (Å²) < 4.78 is 17.2. The first kappa shape index (κ1) is 28.1. The Balaban J connectivity index is 1.60. The molecule has 0 bridgehead atoms. The highest BCUT2D eigenvalue weighted by Gasteiger charge is 2.42. The van der Waals surface area contributed by atoms with Gasteiger partial charge >= 0.3 is 0 Å². The summed E-state index contributed by atoms with van der Waals surface area (Å²) in [5, 5.41) is 18.6. The van der Waals surface area contributed by atoms with Crippen LogP contribution in [0.1, 0.15) is 64.6 Å². The highest BCUT2D eigenvalue weighted by molar-refractivity contribution is 6.00. The molecule has 1 atom stereocenters. The zero-order chi connectivity index (χ0) is 29.1. The quantitative estimate of drug-likeness (QED) is 0.223. The summed E-state index contributed by atoms with van der Waals surface area (Å²) in [6.07, 6.45) is 1.54. The SMILES string of the molecule is CCCOc1ccc(C2c3c(-c4cc(C)cc(C)c4O)n[nH]c3C(=O)N2CCc2ccc(OC)cc2)cc1OCC. The van der Waals surface area contributed by atoms with Crippen LogP contribution in [0.4, 0.5) is 0 Å². The smallest absolute Gasteiger partial charge is 0.273 e. The van der Waals surface area contributed by atoms with Crippen LogP contribution in [0.25, 0.3) is 11.3 Å². The van der Waals surface area contributed by atoms with E-state index in [0.717, 1.165) is 40.0 Å². The molecule has 0 radical (unpaired) electrons. The van der Waals surface area contributed by atoms with Crippen LogP contribution < -0.4 is 14.2 Å². The average molecular weight is 556 g/mol. The van der Waals surface area contributed by atoms with E-state index in [1.165, 1.54) is 0 Å². The number of ether oxygens (including phenoxy) is 3. The summed E-state index contributed by atoms with van der Waals surface area (Å²) in [5.74, 6) is 2.12. The fraction of sp³-hybridized carbons (Fsp3) is 0.333. The number of aromatic hydroxyl groups is 1. The highest BCUT2D eigenvalue weighted by atomic mass is 16.5. The van der Waals surface area contributed by atoms with Crippen LogP contribution in [-0.4, -0.2) is 53.0 Å². The normalized spacial score (nSPS) is 14.3. The number of aromatic nitrogens is 2. The molecule has 4 aromatic rings. The Labute approximate surface area is 240 Å². The van der Waals surface area contributed by atoms with Crippen molar-refractivity contribution in [3.63, 3.8) is 0 Å². The molecule has 5 rings (SSSR count). The molecule has 0 aliphatic carbocycles. The number of nitrogens with one attached hydrogen (secondary N) is 1. The maximum Gasteiger partial charge on any atom is 0.273 e. The minimum Gasteiger partial charge on any atom is -0.507 e. The topological polar surface area (TPSA) is 96.9 Å². The number of nitrogens with zero attached hydrogens (tertiary/aromatic N) is 2. The molecule has 1 aliphatic rings. The van der Waals surface area contributed by atoms with E-state index in [1.54, 1.807) is 7.11 Å². The van der Waals surface area contributed by atoms with Gasteiger partial charge in [-0.1, -0.05) is 31.2 Å². The number of H-pyrrole nitrogens is 1. The standard InChI is InChI=1S/C33H37N3O5/c1-6-16-41-26-13-10-23(19-27(26)40-7-2)31-28-29(25-18-20(3)17-21(4)32(25)37)34-35-30(28)33(38)36(31)15-14-22-8-11-24(39-5)12-9-22/h8-13,17-19,31,37H,6-7,14-16H2,1-5H3,(H,34,35). The molecule has 8 nitrogen and oxygen atoms in total. The Kier molecular flexibility index (Phi) is 8.19. The van der Waals surface area contributed by atoms with Gasteiger partial charge in [-0.05, 0) is 86.2 Å². The van der Waals surface area contributed by atoms with E-state index in [4.69, 9.17) is 14.2 Å². The van der Waals surface area contributed by atoms with Gasteiger partial charge in [-0.15, -0.1) is 0 Å². The molecule has 1 amide bonds. The summed E-state index contributed by atoms with van der Waals surface area (Å²) in [4.78, 5) is 15.8. The Bertz CT molecular complexity index is 1540. The Hall–Kier alpha value is -4.46. The Morgan fingerprint density at radius 3 is 2.49 bits per heavy atom. The van der Waals surface area contributed by atoms with Gasteiger partial charge in [0.1, 0.15) is 22.9 Å². The first-order chi connectivity index (χ1) is 19.9. The molecule has 0 fully saturated rings. The van der Waals surface area contributed by atoms with Crippen molar-refractivity contribution in [2.24, 2.45) is 0 Å². The number of fused-ring (bicyclic) bond motifs is 1. The molecule has 2 N–H and O–H groups in total. The summed E-state index contributed by atoms with van der Waals surface area (Å²) >= 11 is 0. The van der Waals surface area contributed by atoms with Crippen molar-refractivity contribution in [3.05, 3.63) is 88.1 Å². The maximum absolute atomic E-state index is 13.9. The molecule has 214 valence electrons. The molecular weight excluding hydrogens is 518 g/mol. The van der Waals surface area contributed by atoms with Gasteiger partial charge in [0.25, 0.3) is 5.91 Å². The zero-order valence-electron chi connectivity index (χ0n) is 24.3. The minimum absolute atomic E-state index is 0.134.